The minimum Gasteiger partial charge on any atom is -0.317 e. The Labute approximate surface area is 153 Å². The summed E-state index contributed by atoms with van der Waals surface area (Å²) in [7, 11) is 0. The maximum Gasteiger partial charge on any atom is 0.322 e. The van der Waals surface area contributed by atoms with E-state index in [0.717, 1.165) is 0 Å². The largest absolute Gasteiger partial charge is 0.322 e. The molecule has 1 heterocycles. The molecule has 0 aliphatic heterocycles. The van der Waals surface area contributed by atoms with E-state index in [2.05, 4.69) is 15.3 Å². The predicted octanol–water partition coefficient (Wildman–Crippen LogP) is 3.77. The molecule has 6 nitrogen and oxygen atoms in total. The fraction of sp³-hybridized carbons (Fsp3) is 0.167. The zero-order valence-corrected chi connectivity index (χ0v) is 14.7. The molecule has 134 valence electrons. The molecule has 26 heavy (non-hydrogen) atoms. The van der Waals surface area contributed by atoms with E-state index in [9.17, 15) is 14.0 Å². The van der Waals surface area contributed by atoms with Gasteiger partial charge in [0.2, 0.25) is 0 Å². The van der Waals surface area contributed by atoms with Gasteiger partial charge in [-0.1, -0.05) is 23.7 Å². The van der Waals surface area contributed by atoms with Crippen LogP contribution >= 0.6 is 11.6 Å². The summed E-state index contributed by atoms with van der Waals surface area (Å²) in [6.07, 6.45) is 0. The van der Waals surface area contributed by atoms with Crippen LogP contribution in [0.1, 0.15) is 12.7 Å². The van der Waals surface area contributed by atoms with Crippen LogP contribution in [0.3, 0.4) is 0 Å². The van der Waals surface area contributed by atoms with Crippen LogP contribution in [0, 0.1) is 5.82 Å². The molecular formula is C18H16ClFN4O2. The maximum atomic E-state index is 13.2. The summed E-state index contributed by atoms with van der Waals surface area (Å²) in [5.74, 6) is -0.183. The first-order valence-corrected chi connectivity index (χ1v) is 8.34. The van der Waals surface area contributed by atoms with Crippen LogP contribution in [-0.2, 0) is 6.54 Å². The Hall–Kier alpha value is -2.93. The molecule has 0 fully saturated rings. The number of hydrogen-bond acceptors (Lipinski definition) is 3. The van der Waals surface area contributed by atoms with E-state index in [1.807, 2.05) is 0 Å². The van der Waals surface area contributed by atoms with Crippen molar-refractivity contribution < 1.29 is 9.18 Å². The van der Waals surface area contributed by atoms with Crippen molar-refractivity contribution in [2.75, 3.05) is 11.9 Å². The van der Waals surface area contributed by atoms with Gasteiger partial charge in [-0.05, 0) is 37.3 Å². The van der Waals surface area contributed by atoms with Gasteiger partial charge in [0.05, 0.1) is 22.5 Å². The molecule has 3 rings (SSSR count). The highest BCUT2D eigenvalue weighted by atomic mass is 35.5. The first-order valence-electron chi connectivity index (χ1n) is 7.97. The molecule has 3 aromatic rings. The lowest BCUT2D eigenvalue weighted by Crippen LogP contribution is -2.35. The lowest BCUT2D eigenvalue weighted by atomic mass is 10.2. The highest BCUT2D eigenvalue weighted by Gasteiger charge is 2.15. The quantitative estimate of drug-likeness (QED) is 0.729. The van der Waals surface area contributed by atoms with E-state index in [4.69, 9.17) is 11.6 Å². The van der Waals surface area contributed by atoms with Gasteiger partial charge in [0.1, 0.15) is 11.6 Å². The number of H-pyrrole nitrogens is 1. The van der Waals surface area contributed by atoms with Gasteiger partial charge in [0.25, 0.3) is 5.56 Å². The Bertz CT molecular complexity index is 1020. The first-order chi connectivity index (χ1) is 12.5. The van der Waals surface area contributed by atoms with Crippen molar-refractivity contribution in [1.29, 1.82) is 0 Å². The molecule has 0 aliphatic carbocycles. The molecule has 0 saturated heterocycles. The third kappa shape index (κ3) is 3.83. The summed E-state index contributed by atoms with van der Waals surface area (Å²) >= 11 is 5.72. The summed E-state index contributed by atoms with van der Waals surface area (Å²) < 4.78 is 13.2. The summed E-state index contributed by atoms with van der Waals surface area (Å²) in [4.78, 5) is 33.1. The fourth-order valence-corrected chi connectivity index (χ4v) is 2.67. The fourth-order valence-electron chi connectivity index (χ4n) is 2.49. The number of aromatic amines is 1. The molecule has 0 atom stereocenters. The average Bonchev–Trinajstić information content (AvgIpc) is 2.62. The Kier molecular flexibility index (Phi) is 5.18. The number of aromatic nitrogens is 2. The van der Waals surface area contributed by atoms with E-state index in [1.165, 1.54) is 23.1 Å². The predicted molar refractivity (Wildman–Crippen MR) is 98.9 cm³/mol. The van der Waals surface area contributed by atoms with Crippen molar-refractivity contribution in [2.24, 2.45) is 0 Å². The Balaban J connectivity index is 1.79. The smallest absolute Gasteiger partial charge is 0.317 e. The second kappa shape index (κ2) is 7.53. The SMILES string of the molecule is CCN(Cc1nc2ccccc2c(=O)[nH]1)C(=O)Nc1ccc(F)c(Cl)c1. The van der Waals surface area contributed by atoms with Crippen LogP contribution in [0.15, 0.2) is 47.3 Å². The number of halogens is 2. The number of rotatable bonds is 4. The van der Waals surface area contributed by atoms with E-state index in [0.29, 0.717) is 29.0 Å². The molecule has 2 amide bonds. The van der Waals surface area contributed by atoms with Crippen LogP contribution in [0.25, 0.3) is 10.9 Å². The highest BCUT2D eigenvalue weighted by Crippen LogP contribution is 2.19. The van der Waals surface area contributed by atoms with Gasteiger partial charge in [-0.15, -0.1) is 0 Å². The molecule has 0 saturated carbocycles. The van der Waals surface area contributed by atoms with Crippen molar-refractivity contribution in [3.63, 3.8) is 0 Å². The van der Waals surface area contributed by atoms with E-state index < -0.39 is 11.8 Å². The lowest BCUT2D eigenvalue weighted by Gasteiger charge is -2.21. The topological polar surface area (TPSA) is 78.1 Å². The number of nitrogens with one attached hydrogen (secondary N) is 2. The normalized spacial score (nSPS) is 10.7. The number of fused-ring (bicyclic) bond motifs is 1. The van der Waals surface area contributed by atoms with E-state index in [1.54, 1.807) is 31.2 Å². The molecule has 0 bridgehead atoms. The summed E-state index contributed by atoms with van der Waals surface area (Å²) in [5, 5.41) is 3.06. The zero-order chi connectivity index (χ0) is 18.7. The Morgan fingerprint density at radius 1 is 1.31 bits per heavy atom. The number of urea groups is 1. The van der Waals surface area contributed by atoms with Gasteiger partial charge < -0.3 is 15.2 Å². The summed E-state index contributed by atoms with van der Waals surface area (Å²) in [5.41, 5.74) is 0.681. The number of nitrogens with zero attached hydrogens (tertiary/aromatic N) is 2. The molecule has 2 N–H and O–H groups in total. The van der Waals surface area contributed by atoms with Crippen molar-refractivity contribution in [3.8, 4) is 0 Å². The lowest BCUT2D eigenvalue weighted by molar-refractivity contribution is 0.211. The maximum absolute atomic E-state index is 13.2. The van der Waals surface area contributed by atoms with Gasteiger partial charge in [-0.25, -0.2) is 14.2 Å². The van der Waals surface area contributed by atoms with Crippen LogP contribution in [-0.4, -0.2) is 27.4 Å². The summed E-state index contributed by atoms with van der Waals surface area (Å²) in [6.45, 7) is 2.31. The minimum atomic E-state index is -0.560. The highest BCUT2D eigenvalue weighted by molar-refractivity contribution is 6.31. The number of carbonyl (C=O) groups excluding carboxylic acids is 1. The number of anilines is 1. The van der Waals surface area contributed by atoms with E-state index in [-0.39, 0.29) is 17.1 Å². The van der Waals surface area contributed by atoms with Crippen LogP contribution < -0.4 is 10.9 Å². The van der Waals surface area contributed by atoms with Crippen LogP contribution in [0.4, 0.5) is 14.9 Å². The first kappa shape index (κ1) is 17.9. The van der Waals surface area contributed by atoms with Crippen molar-refractivity contribution in [1.82, 2.24) is 14.9 Å². The van der Waals surface area contributed by atoms with Crippen LogP contribution in [0.5, 0.6) is 0 Å². The second-order valence-corrected chi connectivity index (χ2v) is 6.01. The molecule has 2 aromatic carbocycles. The number of hydrogen-bond donors (Lipinski definition) is 2. The molecule has 0 aliphatic rings. The number of carbonyl (C=O) groups is 1. The van der Waals surface area contributed by atoms with Crippen molar-refractivity contribution in [2.45, 2.75) is 13.5 Å². The monoisotopic (exact) mass is 374 g/mol. The van der Waals surface area contributed by atoms with Crippen molar-refractivity contribution in [3.05, 3.63) is 69.5 Å². The van der Waals surface area contributed by atoms with Gasteiger partial charge >= 0.3 is 6.03 Å². The number of para-hydroxylation sites is 1. The third-order valence-electron chi connectivity index (χ3n) is 3.84. The second-order valence-electron chi connectivity index (χ2n) is 5.60. The minimum absolute atomic E-state index is 0.0774. The Morgan fingerprint density at radius 2 is 2.08 bits per heavy atom. The summed E-state index contributed by atoms with van der Waals surface area (Å²) in [6, 6.07) is 10.5. The van der Waals surface area contributed by atoms with Crippen molar-refractivity contribution >= 4 is 34.2 Å². The van der Waals surface area contributed by atoms with Gasteiger partial charge in [0.15, 0.2) is 0 Å². The molecule has 0 unspecified atom stereocenters. The Morgan fingerprint density at radius 3 is 2.81 bits per heavy atom. The third-order valence-corrected chi connectivity index (χ3v) is 4.13. The molecule has 0 radical (unpaired) electrons. The molecule has 8 heteroatoms. The van der Waals surface area contributed by atoms with Crippen LogP contribution in [0.2, 0.25) is 5.02 Å². The zero-order valence-electron chi connectivity index (χ0n) is 13.9. The molecule has 0 spiro atoms. The standard InChI is InChI=1S/C18H16ClFN4O2/c1-2-24(18(26)21-11-7-8-14(20)13(19)9-11)10-16-22-15-6-4-3-5-12(15)17(25)23-16/h3-9H,2,10H2,1H3,(H,21,26)(H,22,23,25). The van der Waals surface area contributed by atoms with Gasteiger partial charge in [-0.3, -0.25) is 4.79 Å². The molecular weight excluding hydrogens is 359 g/mol. The van der Waals surface area contributed by atoms with Gasteiger partial charge in [0, 0.05) is 12.2 Å². The molecule has 1 aromatic heterocycles. The van der Waals surface area contributed by atoms with E-state index >= 15 is 0 Å². The average molecular weight is 375 g/mol. The number of benzene rings is 2. The number of amides is 2. The van der Waals surface area contributed by atoms with Gasteiger partial charge in [-0.2, -0.15) is 0 Å².